The van der Waals surface area contributed by atoms with E-state index < -0.39 is 19.1 Å². The first-order chi connectivity index (χ1) is 13.8. The van der Waals surface area contributed by atoms with Gasteiger partial charge in [-0.1, -0.05) is 61.9 Å². The number of hydrogen-bond acceptors (Lipinski definition) is 4. The van der Waals surface area contributed by atoms with E-state index in [1.54, 1.807) is 24.3 Å². The van der Waals surface area contributed by atoms with Gasteiger partial charge >= 0.3 is 7.12 Å². The normalized spacial score (nSPS) is 12.9. The Bertz CT molecular complexity index is 811. The number of nitrogens with one attached hydrogen (secondary N) is 2. The van der Waals surface area contributed by atoms with Crippen molar-refractivity contribution < 1.29 is 19.6 Å². The van der Waals surface area contributed by atoms with Crippen molar-refractivity contribution in [1.29, 1.82) is 0 Å². The lowest BCUT2D eigenvalue weighted by Crippen LogP contribution is -2.48. The maximum Gasteiger partial charge on any atom is 0.475 e. The van der Waals surface area contributed by atoms with Crippen LogP contribution in [0.2, 0.25) is 0 Å². The summed E-state index contributed by atoms with van der Waals surface area (Å²) in [7, 11) is -1.64. The van der Waals surface area contributed by atoms with Gasteiger partial charge in [0.2, 0.25) is 5.91 Å². The van der Waals surface area contributed by atoms with Gasteiger partial charge in [0.15, 0.2) is 0 Å². The molecule has 0 fully saturated rings. The van der Waals surface area contributed by atoms with Gasteiger partial charge in [0.1, 0.15) is 0 Å². The fourth-order valence-corrected chi connectivity index (χ4v) is 3.18. The number of amides is 2. The van der Waals surface area contributed by atoms with Gasteiger partial charge in [0.25, 0.3) is 5.91 Å². The van der Waals surface area contributed by atoms with Gasteiger partial charge in [-0.3, -0.25) is 9.59 Å². The Labute approximate surface area is 172 Å². The molecule has 0 spiro atoms. The standard InChI is InChI=1S/C22H29BN2O4/c1-15(2)12-20(23(28)29)25-21(26)14-19(18-11-7-8-16(3)13-18)24-22(27)17-9-5-4-6-10-17/h4-11,13,15,19-20,28-29H,12,14H2,1-3H3,(H,24,27)(H,25,26). The zero-order valence-corrected chi connectivity index (χ0v) is 17.1. The van der Waals surface area contributed by atoms with E-state index in [0.29, 0.717) is 12.0 Å². The molecule has 0 aliphatic heterocycles. The van der Waals surface area contributed by atoms with Crippen LogP contribution in [0.1, 0.15) is 54.2 Å². The Kier molecular flexibility index (Phi) is 8.42. The van der Waals surface area contributed by atoms with Crippen LogP contribution in [0, 0.1) is 12.8 Å². The minimum absolute atomic E-state index is 0.0106. The summed E-state index contributed by atoms with van der Waals surface area (Å²) in [6.45, 7) is 5.83. The number of rotatable bonds is 9. The molecule has 2 rings (SSSR count). The van der Waals surface area contributed by atoms with Crippen LogP contribution in [0.3, 0.4) is 0 Å². The van der Waals surface area contributed by atoms with Crippen molar-refractivity contribution in [1.82, 2.24) is 10.6 Å². The van der Waals surface area contributed by atoms with Gasteiger partial charge in [0.05, 0.1) is 18.4 Å². The van der Waals surface area contributed by atoms with Crippen LogP contribution in [-0.4, -0.2) is 34.9 Å². The Morgan fingerprint density at radius 1 is 1.00 bits per heavy atom. The summed E-state index contributed by atoms with van der Waals surface area (Å²) in [4.78, 5) is 25.3. The quantitative estimate of drug-likeness (QED) is 0.489. The monoisotopic (exact) mass is 396 g/mol. The van der Waals surface area contributed by atoms with E-state index in [1.165, 1.54) is 0 Å². The molecule has 0 heterocycles. The lowest BCUT2D eigenvalue weighted by atomic mass is 9.75. The van der Waals surface area contributed by atoms with E-state index in [2.05, 4.69) is 10.6 Å². The van der Waals surface area contributed by atoms with Crippen molar-refractivity contribution in [3.05, 3.63) is 71.3 Å². The molecule has 7 heteroatoms. The van der Waals surface area contributed by atoms with E-state index in [0.717, 1.165) is 11.1 Å². The summed E-state index contributed by atoms with van der Waals surface area (Å²) in [5, 5.41) is 24.7. The lowest BCUT2D eigenvalue weighted by molar-refractivity contribution is -0.122. The molecule has 0 saturated carbocycles. The Hall–Kier alpha value is -2.64. The molecule has 2 atom stereocenters. The first kappa shape index (κ1) is 22.7. The molecule has 2 aromatic rings. The maximum atomic E-state index is 12.6. The summed E-state index contributed by atoms with van der Waals surface area (Å²) in [5.74, 6) is -1.20. The van der Waals surface area contributed by atoms with E-state index >= 15 is 0 Å². The molecule has 0 saturated heterocycles. The van der Waals surface area contributed by atoms with E-state index in [9.17, 15) is 19.6 Å². The minimum Gasteiger partial charge on any atom is -0.426 e. The van der Waals surface area contributed by atoms with Crippen LogP contribution in [0.25, 0.3) is 0 Å². The molecule has 0 aliphatic rings. The predicted molar refractivity (Wildman–Crippen MR) is 114 cm³/mol. The molecule has 0 radical (unpaired) electrons. The number of carbonyl (C=O) groups is 2. The average molecular weight is 396 g/mol. The number of benzene rings is 2. The lowest BCUT2D eigenvalue weighted by Gasteiger charge is -2.23. The number of carbonyl (C=O) groups excluding carboxylic acids is 2. The molecule has 0 bridgehead atoms. The van der Waals surface area contributed by atoms with E-state index in [1.807, 2.05) is 51.1 Å². The number of hydrogen-bond donors (Lipinski definition) is 4. The van der Waals surface area contributed by atoms with Gasteiger partial charge in [-0.2, -0.15) is 0 Å². The second-order valence-corrected chi connectivity index (χ2v) is 7.73. The van der Waals surface area contributed by atoms with Gasteiger partial charge in [0, 0.05) is 5.56 Å². The van der Waals surface area contributed by atoms with Crippen molar-refractivity contribution in [3.8, 4) is 0 Å². The van der Waals surface area contributed by atoms with E-state index in [4.69, 9.17) is 0 Å². The van der Waals surface area contributed by atoms with Crippen molar-refractivity contribution in [2.75, 3.05) is 0 Å². The minimum atomic E-state index is -1.64. The van der Waals surface area contributed by atoms with Crippen molar-refractivity contribution in [2.45, 2.75) is 45.6 Å². The third-order valence-electron chi connectivity index (χ3n) is 4.61. The van der Waals surface area contributed by atoms with Crippen molar-refractivity contribution in [2.24, 2.45) is 5.92 Å². The van der Waals surface area contributed by atoms with Crippen LogP contribution in [0.4, 0.5) is 0 Å². The topological polar surface area (TPSA) is 98.7 Å². The summed E-state index contributed by atoms with van der Waals surface area (Å²) in [6.07, 6.45) is 0.429. The van der Waals surface area contributed by atoms with Crippen LogP contribution in [-0.2, 0) is 4.79 Å². The van der Waals surface area contributed by atoms with E-state index in [-0.39, 0.29) is 24.2 Å². The maximum absolute atomic E-state index is 12.6. The summed E-state index contributed by atoms with van der Waals surface area (Å²) in [6, 6.07) is 15.9. The molecular weight excluding hydrogens is 367 g/mol. The molecule has 154 valence electrons. The molecule has 29 heavy (non-hydrogen) atoms. The molecule has 2 amide bonds. The van der Waals surface area contributed by atoms with Crippen LogP contribution in [0.15, 0.2) is 54.6 Å². The molecule has 2 aromatic carbocycles. The third-order valence-corrected chi connectivity index (χ3v) is 4.61. The van der Waals surface area contributed by atoms with Gasteiger partial charge in [-0.05, 0) is 37.0 Å². The first-order valence-electron chi connectivity index (χ1n) is 9.84. The van der Waals surface area contributed by atoms with Crippen LogP contribution >= 0.6 is 0 Å². The average Bonchev–Trinajstić information content (AvgIpc) is 2.67. The summed E-state index contributed by atoms with van der Waals surface area (Å²) in [5.41, 5.74) is 2.34. The molecule has 4 N–H and O–H groups in total. The Morgan fingerprint density at radius 3 is 2.28 bits per heavy atom. The Balaban J connectivity index is 2.16. The summed E-state index contributed by atoms with van der Waals surface area (Å²) < 4.78 is 0. The zero-order valence-electron chi connectivity index (χ0n) is 17.1. The van der Waals surface area contributed by atoms with Crippen LogP contribution < -0.4 is 10.6 Å². The zero-order chi connectivity index (χ0) is 21.4. The summed E-state index contributed by atoms with van der Waals surface area (Å²) >= 11 is 0. The van der Waals surface area contributed by atoms with Gasteiger partial charge in [-0.15, -0.1) is 0 Å². The van der Waals surface area contributed by atoms with Crippen molar-refractivity contribution in [3.63, 3.8) is 0 Å². The fraction of sp³-hybridized carbons (Fsp3) is 0.364. The highest BCUT2D eigenvalue weighted by Gasteiger charge is 2.27. The second kappa shape index (κ2) is 10.8. The second-order valence-electron chi connectivity index (χ2n) is 7.73. The smallest absolute Gasteiger partial charge is 0.426 e. The highest BCUT2D eigenvalue weighted by Crippen LogP contribution is 2.19. The molecule has 2 unspecified atom stereocenters. The molecule has 0 aromatic heterocycles. The molecular formula is C22H29BN2O4. The first-order valence-corrected chi connectivity index (χ1v) is 9.84. The van der Waals surface area contributed by atoms with Crippen molar-refractivity contribution >= 4 is 18.9 Å². The highest BCUT2D eigenvalue weighted by molar-refractivity contribution is 6.43. The Morgan fingerprint density at radius 2 is 1.69 bits per heavy atom. The largest absolute Gasteiger partial charge is 0.475 e. The van der Waals surface area contributed by atoms with Crippen LogP contribution in [0.5, 0.6) is 0 Å². The molecule has 0 aliphatic carbocycles. The number of aryl methyl sites for hydroxylation is 1. The van der Waals surface area contributed by atoms with Gasteiger partial charge < -0.3 is 20.7 Å². The molecule has 6 nitrogen and oxygen atoms in total. The predicted octanol–water partition coefficient (Wildman–Crippen LogP) is 2.40. The fourth-order valence-electron chi connectivity index (χ4n) is 3.18. The highest BCUT2D eigenvalue weighted by atomic mass is 16.4. The van der Waals surface area contributed by atoms with Gasteiger partial charge in [-0.25, -0.2) is 0 Å². The SMILES string of the molecule is Cc1cccc(C(CC(=O)NC(CC(C)C)B(O)O)NC(=O)c2ccccc2)c1. The third kappa shape index (κ3) is 7.36.